The van der Waals surface area contributed by atoms with Crippen LogP contribution >= 0.6 is 23.7 Å². The molecule has 0 spiro atoms. The first-order valence-electron chi connectivity index (χ1n) is 7.03. The Balaban J connectivity index is 0.00000192. The smallest absolute Gasteiger partial charge is 0.337 e. The Kier molecular flexibility index (Phi) is 5.72. The number of nitrogens with one attached hydrogen (secondary N) is 1. The molecule has 0 amide bonds. The summed E-state index contributed by atoms with van der Waals surface area (Å²) in [5.74, 6) is 0.930. The Morgan fingerprint density at radius 2 is 2.17 bits per heavy atom. The van der Waals surface area contributed by atoms with Crippen molar-refractivity contribution in [2.75, 3.05) is 19.6 Å². The van der Waals surface area contributed by atoms with E-state index < -0.39 is 11.1 Å². The van der Waals surface area contributed by atoms with Crippen LogP contribution in [0.4, 0.5) is 13.2 Å². The Bertz CT molecular complexity index is 640. The summed E-state index contributed by atoms with van der Waals surface area (Å²) in [5, 5.41) is 3.32. The van der Waals surface area contributed by atoms with Crippen LogP contribution < -0.4 is 5.32 Å². The second-order valence-electron chi connectivity index (χ2n) is 5.35. The Morgan fingerprint density at radius 3 is 2.78 bits per heavy atom. The number of rotatable bonds is 3. The molecule has 1 aliphatic rings. The third kappa shape index (κ3) is 4.06. The van der Waals surface area contributed by atoms with Crippen LogP contribution in [-0.2, 0) is 19.8 Å². The van der Waals surface area contributed by atoms with Crippen molar-refractivity contribution < 1.29 is 13.2 Å². The lowest BCUT2D eigenvalue weighted by atomic mass is 10.1. The van der Waals surface area contributed by atoms with Crippen molar-refractivity contribution in [3.8, 4) is 0 Å². The van der Waals surface area contributed by atoms with Crippen LogP contribution in [0.1, 0.15) is 21.6 Å². The molecule has 0 aromatic carbocycles. The normalized spacial score (nSPS) is 19.6. The van der Waals surface area contributed by atoms with Gasteiger partial charge in [-0.3, -0.25) is 4.90 Å². The largest absolute Gasteiger partial charge is 0.425 e. The molecule has 1 aliphatic heterocycles. The lowest BCUT2D eigenvalue weighted by Gasteiger charge is -2.35. The topological polar surface area (TPSA) is 33.1 Å². The second-order valence-corrected chi connectivity index (χ2v) is 6.52. The molecule has 2 aromatic heterocycles. The van der Waals surface area contributed by atoms with Crippen molar-refractivity contribution in [3.63, 3.8) is 0 Å². The lowest BCUT2D eigenvalue weighted by molar-refractivity contribution is -0.134. The molecule has 1 saturated heterocycles. The molecule has 0 aliphatic carbocycles. The molecule has 9 heteroatoms. The monoisotopic (exact) mass is 366 g/mol. The number of imidazole rings is 1. The van der Waals surface area contributed by atoms with Gasteiger partial charge in [0.15, 0.2) is 0 Å². The van der Waals surface area contributed by atoms with Crippen LogP contribution in [0, 0.1) is 0 Å². The molecule has 1 N–H and O–H groups in total. The highest BCUT2D eigenvalue weighted by Crippen LogP contribution is 2.35. The van der Waals surface area contributed by atoms with Crippen LogP contribution in [-0.4, -0.2) is 34.1 Å². The maximum Gasteiger partial charge on any atom is 0.425 e. The molecule has 2 aromatic rings. The van der Waals surface area contributed by atoms with E-state index in [9.17, 15) is 13.2 Å². The number of nitrogens with zero attached hydrogens (tertiary/aromatic N) is 3. The zero-order valence-electron chi connectivity index (χ0n) is 12.5. The van der Waals surface area contributed by atoms with Gasteiger partial charge >= 0.3 is 6.18 Å². The molecule has 23 heavy (non-hydrogen) atoms. The number of aromatic nitrogens is 2. The number of hydrogen-bond acceptors (Lipinski definition) is 4. The minimum atomic E-state index is -4.26. The van der Waals surface area contributed by atoms with Gasteiger partial charge in [-0.25, -0.2) is 4.98 Å². The molecule has 128 valence electrons. The van der Waals surface area contributed by atoms with Crippen LogP contribution in [0.25, 0.3) is 0 Å². The molecule has 0 bridgehead atoms. The van der Waals surface area contributed by atoms with Gasteiger partial charge in [0, 0.05) is 50.5 Å². The summed E-state index contributed by atoms with van der Waals surface area (Å²) in [6.45, 7) is 2.89. The van der Waals surface area contributed by atoms with Gasteiger partial charge < -0.3 is 9.88 Å². The van der Waals surface area contributed by atoms with Gasteiger partial charge in [-0.1, -0.05) is 0 Å². The van der Waals surface area contributed by atoms with Gasteiger partial charge in [-0.15, -0.1) is 23.7 Å². The zero-order valence-corrected chi connectivity index (χ0v) is 14.1. The first-order chi connectivity index (χ1) is 10.4. The minimum Gasteiger partial charge on any atom is -0.337 e. The van der Waals surface area contributed by atoms with Gasteiger partial charge in [0.25, 0.3) is 0 Å². The van der Waals surface area contributed by atoms with Crippen molar-refractivity contribution in [2.45, 2.75) is 18.8 Å². The highest BCUT2D eigenvalue weighted by molar-refractivity contribution is 7.12. The summed E-state index contributed by atoms with van der Waals surface area (Å²) >= 11 is 0.823. The summed E-state index contributed by atoms with van der Waals surface area (Å²) in [7, 11) is 1.93. The molecule has 3 heterocycles. The van der Waals surface area contributed by atoms with Gasteiger partial charge in [0.05, 0.1) is 6.04 Å². The Morgan fingerprint density at radius 1 is 1.39 bits per heavy atom. The van der Waals surface area contributed by atoms with E-state index in [4.69, 9.17) is 0 Å². The van der Waals surface area contributed by atoms with Crippen LogP contribution in [0.3, 0.4) is 0 Å². The average molecular weight is 367 g/mol. The first-order valence-corrected chi connectivity index (χ1v) is 7.84. The van der Waals surface area contributed by atoms with Crippen molar-refractivity contribution in [1.29, 1.82) is 0 Å². The van der Waals surface area contributed by atoms with Gasteiger partial charge in [0.2, 0.25) is 0 Å². The van der Waals surface area contributed by atoms with Gasteiger partial charge in [-0.05, 0) is 12.1 Å². The zero-order chi connectivity index (χ0) is 15.7. The van der Waals surface area contributed by atoms with E-state index in [1.165, 1.54) is 0 Å². The molecule has 3 rings (SSSR count). The highest BCUT2D eigenvalue weighted by Gasteiger charge is 2.33. The molecule has 1 atom stereocenters. The number of halogens is 4. The number of alkyl halides is 3. The van der Waals surface area contributed by atoms with Gasteiger partial charge in [-0.2, -0.15) is 13.2 Å². The van der Waals surface area contributed by atoms with Gasteiger partial charge in [0.1, 0.15) is 10.7 Å². The van der Waals surface area contributed by atoms with Crippen LogP contribution in [0.2, 0.25) is 0 Å². The van der Waals surface area contributed by atoms with E-state index >= 15 is 0 Å². The molecular formula is C14H18ClF3N4S. The van der Waals surface area contributed by atoms with Crippen LogP contribution in [0.5, 0.6) is 0 Å². The van der Waals surface area contributed by atoms with E-state index in [0.717, 1.165) is 47.7 Å². The standard InChI is InChI=1S/C14H17F3N4S.ClH/c1-20-6-5-19-13(20)11-8-18-4-7-21(11)9-10-2-3-12(22-10)14(15,16)17;/h2-3,5-6,11,18H,4,7-9H2,1H3;1H. The summed E-state index contributed by atoms with van der Waals surface area (Å²) in [6.07, 6.45) is -0.629. The molecular weight excluding hydrogens is 349 g/mol. The minimum absolute atomic E-state index is 0. The predicted molar refractivity (Wildman–Crippen MR) is 85.8 cm³/mol. The highest BCUT2D eigenvalue weighted by atomic mass is 35.5. The third-order valence-corrected chi connectivity index (χ3v) is 4.93. The predicted octanol–water partition coefficient (Wildman–Crippen LogP) is 3.07. The third-order valence-electron chi connectivity index (χ3n) is 3.81. The quantitative estimate of drug-likeness (QED) is 0.906. The second kappa shape index (κ2) is 7.21. The van der Waals surface area contributed by atoms with E-state index in [1.807, 2.05) is 17.8 Å². The van der Waals surface area contributed by atoms with Crippen molar-refractivity contribution in [1.82, 2.24) is 19.8 Å². The molecule has 1 fully saturated rings. The summed E-state index contributed by atoms with van der Waals surface area (Å²) < 4.78 is 40.1. The van der Waals surface area contributed by atoms with Crippen molar-refractivity contribution >= 4 is 23.7 Å². The van der Waals surface area contributed by atoms with E-state index in [-0.39, 0.29) is 18.4 Å². The number of aryl methyl sites for hydroxylation is 1. The maximum atomic E-state index is 12.7. The van der Waals surface area contributed by atoms with E-state index in [0.29, 0.717) is 6.54 Å². The molecule has 0 saturated carbocycles. The fraction of sp³-hybridized carbons (Fsp3) is 0.500. The number of hydrogen-bond donors (Lipinski definition) is 1. The van der Waals surface area contributed by atoms with E-state index in [2.05, 4.69) is 15.2 Å². The van der Waals surface area contributed by atoms with Crippen molar-refractivity contribution in [3.05, 3.63) is 40.1 Å². The lowest BCUT2D eigenvalue weighted by Crippen LogP contribution is -2.46. The molecule has 1 unspecified atom stereocenters. The molecule has 4 nitrogen and oxygen atoms in total. The summed E-state index contributed by atoms with van der Waals surface area (Å²) in [5.41, 5.74) is 0. The number of piperazine rings is 1. The fourth-order valence-corrected chi connectivity index (χ4v) is 3.60. The van der Waals surface area contributed by atoms with Crippen molar-refractivity contribution in [2.24, 2.45) is 7.05 Å². The summed E-state index contributed by atoms with van der Waals surface area (Å²) in [6, 6.07) is 2.81. The fourth-order valence-electron chi connectivity index (χ4n) is 2.70. The van der Waals surface area contributed by atoms with E-state index in [1.54, 1.807) is 12.3 Å². The number of thiophene rings is 1. The van der Waals surface area contributed by atoms with Crippen LogP contribution in [0.15, 0.2) is 24.5 Å². The first kappa shape index (κ1) is 18.3. The Labute approximate surface area is 142 Å². The maximum absolute atomic E-state index is 12.7. The Hall–Kier alpha value is -1.09. The SMILES string of the molecule is Cl.Cn1ccnc1C1CNCCN1Cc1ccc(C(F)(F)F)s1. The molecule has 0 radical (unpaired) electrons. The summed E-state index contributed by atoms with van der Waals surface area (Å²) in [4.78, 5) is 6.76. The average Bonchev–Trinajstić information content (AvgIpc) is 3.08.